The lowest BCUT2D eigenvalue weighted by atomic mass is 10.0. The zero-order chi connectivity index (χ0) is 13.8. The van der Waals surface area contributed by atoms with Crippen LogP contribution in [0, 0.1) is 0 Å². The third-order valence-corrected chi connectivity index (χ3v) is 3.36. The summed E-state index contributed by atoms with van der Waals surface area (Å²) < 4.78 is 5.03. The second-order valence-corrected chi connectivity index (χ2v) is 5.00. The Morgan fingerprint density at radius 3 is 2.89 bits per heavy atom. The lowest BCUT2D eigenvalue weighted by Crippen LogP contribution is -2.21. The van der Waals surface area contributed by atoms with Crippen molar-refractivity contribution >= 4 is 11.1 Å². The average molecular weight is 263 g/mol. The van der Waals surface area contributed by atoms with E-state index in [1.54, 1.807) is 0 Å². The largest absolute Gasteiger partial charge is 0.417 e. The van der Waals surface area contributed by atoms with Crippen LogP contribution in [0.4, 0.5) is 0 Å². The van der Waals surface area contributed by atoms with E-state index in [-0.39, 0.29) is 0 Å². The van der Waals surface area contributed by atoms with Crippen molar-refractivity contribution in [1.29, 1.82) is 0 Å². The molecule has 0 radical (unpaired) electrons. The van der Waals surface area contributed by atoms with E-state index in [1.165, 1.54) is 5.56 Å². The molecular weight excluding hydrogens is 242 g/mol. The second kappa shape index (κ2) is 6.04. The van der Waals surface area contributed by atoms with E-state index in [1.807, 2.05) is 25.2 Å². The van der Waals surface area contributed by atoms with Gasteiger partial charge in [-0.1, -0.05) is 6.07 Å². The van der Waals surface area contributed by atoms with Gasteiger partial charge < -0.3 is 14.6 Å². The molecule has 5 nitrogen and oxygen atoms in total. The Hall–Kier alpha value is -1.59. The summed E-state index contributed by atoms with van der Waals surface area (Å²) >= 11 is 0. The Morgan fingerprint density at radius 1 is 1.42 bits per heavy atom. The first-order valence-electron chi connectivity index (χ1n) is 6.55. The molecule has 2 N–H and O–H groups in total. The molecule has 1 unspecified atom stereocenters. The Labute approximate surface area is 112 Å². The number of hydrogen-bond acceptors (Lipinski definition) is 4. The zero-order valence-corrected chi connectivity index (χ0v) is 11.7. The van der Waals surface area contributed by atoms with Crippen LogP contribution in [0.3, 0.4) is 0 Å². The molecule has 1 atom stereocenters. The number of hydrogen-bond donors (Lipinski definition) is 2. The first-order valence-corrected chi connectivity index (χ1v) is 6.55. The van der Waals surface area contributed by atoms with Gasteiger partial charge in [0.1, 0.15) is 0 Å². The zero-order valence-electron chi connectivity index (χ0n) is 11.7. The molecule has 1 aromatic heterocycles. The van der Waals surface area contributed by atoms with Crippen molar-refractivity contribution in [3.63, 3.8) is 0 Å². The van der Waals surface area contributed by atoms with E-state index in [9.17, 15) is 4.79 Å². The number of rotatable bonds is 6. The maximum atomic E-state index is 11.2. The van der Waals surface area contributed by atoms with Gasteiger partial charge in [-0.15, -0.1) is 0 Å². The van der Waals surface area contributed by atoms with Crippen LogP contribution in [0.1, 0.15) is 24.4 Å². The van der Waals surface area contributed by atoms with Gasteiger partial charge in [-0.25, -0.2) is 4.79 Å². The summed E-state index contributed by atoms with van der Waals surface area (Å²) in [6, 6.07) is 6.24. The number of H-pyrrole nitrogens is 1. The topological polar surface area (TPSA) is 61.3 Å². The highest BCUT2D eigenvalue weighted by atomic mass is 16.4. The predicted octanol–water partition coefficient (Wildman–Crippen LogP) is 1.72. The molecular formula is C14H21N3O2. The predicted molar refractivity (Wildman–Crippen MR) is 76.4 cm³/mol. The van der Waals surface area contributed by atoms with Crippen LogP contribution in [0.15, 0.2) is 27.4 Å². The highest BCUT2D eigenvalue weighted by Gasteiger charge is 2.15. The van der Waals surface area contributed by atoms with Gasteiger partial charge in [-0.05, 0) is 58.2 Å². The number of oxazole rings is 1. The quantitative estimate of drug-likeness (QED) is 0.779. The fraction of sp³-hybridized carbons (Fsp3) is 0.500. The first-order chi connectivity index (χ1) is 9.11. The minimum absolute atomic E-state index is 0.344. The normalized spacial score (nSPS) is 13.3. The first kappa shape index (κ1) is 13.8. The number of nitrogens with one attached hydrogen (secondary N) is 2. The molecule has 19 heavy (non-hydrogen) atoms. The van der Waals surface area contributed by atoms with Crippen LogP contribution in [0.5, 0.6) is 0 Å². The highest BCUT2D eigenvalue weighted by Crippen LogP contribution is 2.25. The van der Waals surface area contributed by atoms with Crippen LogP contribution in [-0.4, -0.2) is 37.6 Å². The molecule has 104 valence electrons. The minimum atomic E-state index is -0.399. The summed E-state index contributed by atoms with van der Waals surface area (Å²) in [5.74, 6) is -0.399. The summed E-state index contributed by atoms with van der Waals surface area (Å²) in [4.78, 5) is 16.1. The van der Waals surface area contributed by atoms with Crippen molar-refractivity contribution in [3.05, 3.63) is 34.3 Å². The van der Waals surface area contributed by atoms with Gasteiger partial charge in [0.25, 0.3) is 0 Å². The Kier molecular flexibility index (Phi) is 4.39. The van der Waals surface area contributed by atoms with Crippen molar-refractivity contribution < 1.29 is 4.42 Å². The number of fused-ring (bicyclic) bond motifs is 1. The molecule has 0 amide bonds. The average Bonchev–Trinajstić information content (AvgIpc) is 2.73. The molecule has 0 saturated heterocycles. The molecule has 2 aromatic rings. The van der Waals surface area contributed by atoms with E-state index < -0.39 is 5.76 Å². The molecule has 0 spiro atoms. The molecule has 1 aromatic carbocycles. The van der Waals surface area contributed by atoms with Gasteiger partial charge in [-0.2, -0.15) is 0 Å². The number of benzene rings is 1. The standard InChI is InChI=1S/C14H21N3O2/c1-15-8-4-5-12(17(2)3)10-6-7-13-11(9-10)16-14(18)19-13/h6-7,9,12,15H,4-5,8H2,1-3H3,(H,16,18). The molecule has 2 rings (SSSR count). The molecule has 0 saturated carbocycles. The number of aromatic amines is 1. The van der Waals surface area contributed by atoms with Crippen LogP contribution in [0.2, 0.25) is 0 Å². The fourth-order valence-corrected chi connectivity index (χ4v) is 2.37. The van der Waals surface area contributed by atoms with Crippen molar-refractivity contribution in [2.45, 2.75) is 18.9 Å². The number of nitrogens with zero attached hydrogens (tertiary/aromatic N) is 1. The summed E-state index contributed by atoms with van der Waals surface area (Å²) in [5.41, 5.74) is 2.58. The molecule has 0 bridgehead atoms. The van der Waals surface area contributed by atoms with Gasteiger partial charge in [0, 0.05) is 6.04 Å². The Balaban J connectivity index is 2.25. The summed E-state index contributed by atoms with van der Waals surface area (Å²) in [6.07, 6.45) is 2.18. The minimum Gasteiger partial charge on any atom is -0.408 e. The molecule has 5 heteroatoms. The van der Waals surface area contributed by atoms with Gasteiger partial charge in [-0.3, -0.25) is 4.98 Å². The monoisotopic (exact) mass is 263 g/mol. The lowest BCUT2D eigenvalue weighted by Gasteiger charge is -2.24. The van der Waals surface area contributed by atoms with E-state index in [2.05, 4.69) is 29.3 Å². The smallest absolute Gasteiger partial charge is 0.408 e. The van der Waals surface area contributed by atoms with Crippen molar-refractivity contribution in [2.24, 2.45) is 0 Å². The molecule has 0 aliphatic heterocycles. The van der Waals surface area contributed by atoms with Gasteiger partial charge >= 0.3 is 5.76 Å². The van der Waals surface area contributed by atoms with Crippen LogP contribution in [0.25, 0.3) is 11.1 Å². The lowest BCUT2D eigenvalue weighted by molar-refractivity contribution is 0.279. The maximum Gasteiger partial charge on any atom is 0.417 e. The summed E-state index contributed by atoms with van der Waals surface area (Å²) in [7, 11) is 6.12. The van der Waals surface area contributed by atoms with Crippen molar-refractivity contribution in [3.8, 4) is 0 Å². The van der Waals surface area contributed by atoms with E-state index in [0.29, 0.717) is 11.6 Å². The van der Waals surface area contributed by atoms with Crippen molar-refractivity contribution in [2.75, 3.05) is 27.7 Å². The van der Waals surface area contributed by atoms with E-state index in [0.717, 1.165) is 24.9 Å². The van der Waals surface area contributed by atoms with E-state index in [4.69, 9.17) is 4.42 Å². The van der Waals surface area contributed by atoms with E-state index >= 15 is 0 Å². The van der Waals surface area contributed by atoms with Gasteiger partial charge in [0.2, 0.25) is 0 Å². The number of aromatic nitrogens is 1. The SMILES string of the molecule is CNCCCC(c1ccc2oc(=O)[nH]c2c1)N(C)C. The molecule has 1 heterocycles. The molecule has 0 fully saturated rings. The fourth-order valence-electron chi connectivity index (χ4n) is 2.37. The Bertz CT molecular complexity index is 586. The third-order valence-electron chi connectivity index (χ3n) is 3.36. The maximum absolute atomic E-state index is 11.2. The van der Waals surface area contributed by atoms with Gasteiger partial charge in [0.15, 0.2) is 5.58 Å². The van der Waals surface area contributed by atoms with Crippen LogP contribution >= 0.6 is 0 Å². The summed E-state index contributed by atoms with van der Waals surface area (Å²) in [5, 5.41) is 3.17. The van der Waals surface area contributed by atoms with Gasteiger partial charge in [0.05, 0.1) is 5.52 Å². The van der Waals surface area contributed by atoms with Crippen LogP contribution in [-0.2, 0) is 0 Å². The molecule has 0 aliphatic carbocycles. The molecule has 0 aliphatic rings. The Morgan fingerprint density at radius 2 is 2.21 bits per heavy atom. The van der Waals surface area contributed by atoms with Crippen molar-refractivity contribution in [1.82, 2.24) is 15.2 Å². The second-order valence-electron chi connectivity index (χ2n) is 5.00. The van der Waals surface area contributed by atoms with Crippen LogP contribution < -0.4 is 11.1 Å². The third kappa shape index (κ3) is 3.24. The highest BCUT2D eigenvalue weighted by molar-refractivity contribution is 5.72. The summed E-state index contributed by atoms with van der Waals surface area (Å²) in [6.45, 7) is 1.01.